The van der Waals surface area contributed by atoms with Gasteiger partial charge in [-0.25, -0.2) is 0 Å². The zero-order valence-corrected chi connectivity index (χ0v) is 36.9. The Hall–Kier alpha value is -8.52. The van der Waals surface area contributed by atoms with Gasteiger partial charge in [-0.15, -0.1) is 0 Å². The lowest BCUT2D eigenvalue weighted by Gasteiger charge is -2.34. The number of fused-ring (bicyclic) bond motifs is 7. The van der Waals surface area contributed by atoms with Gasteiger partial charge in [-0.05, 0) is 119 Å². The summed E-state index contributed by atoms with van der Waals surface area (Å²) in [5.41, 5.74) is 20.1. The Morgan fingerprint density at radius 1 is 0.254 bits per heavy atom. The minimum absolute atomic E-state index is 0.462. The Labute approximate surface area is 392 Å². The van der Waals surface area contributed by atoms with E-state index in [-0.39, 0.29) is 0 Å². The molecule has 0 fully saturated rings. The second kappa shape index (κ2) is 15.6. The molecule has 0 N–H and O–H groups in total. The highest BCUT2D eigenvalue weighted by atomic mass is 15.1. The van der Waals surface area contributed by atoms with Crippen molar-refractivity contribution in [2.45, 2.75) is 10.8 Å². The molecule has 1 nitrogen and oxygen atoms in total. The molecule has 0 spiro atoms. The molecule has 0 aliphatic heterocycles. The van der Waals surface area contributed by atoms with Crippen LogP contribution < -0.4 is 4.90 Å². The molecule has 0 radical (unpaired) electrons. The van der Waals surface area contributed by atoms with Crippen LogP contribution in [0.25, 0.3) is 44.2 Å². The summed E-state index contributed by atoms with van der Waals surface area (Å²) in [6.07, 6.45) is 0. The van der Waals surface area contributed by atoms with Gasteiger partial charge in [-0.3, -0.25) is 0 Å². The first-order chi connectivity index (χ1) is 33.2. The molecular weight excluding hydrogens is 807 g/mol. The molecule has 0 atom stereocenters. The summed E-state index contributed by atoms with van der Waals surface area (Å²) in [6.45, 7) is 0. The Morgan fingerprint density at radius 3 is 1.31 bits per heavy atom. The summed E-state index contributed by atoms with van der Waals surface area (Å²) in [4.78, 5) is 2.48. The van der Waals surface area contributed by atoms with Crippen molar-refractivity contribution in [3.05, 3.63) is 317 Å². The number of nitrogens with zero attached hydrogens (tertiary/aromatic N) is 1. The van der Waals surface area contributed by atoms with Gasteiger partial charge in [0, 0.05) is 16.9 Å². The van der Waals surface area contributed by atoms with E-state index in [0.29, 0.717) is 0 Å². The fourth-order valence-corrected chi connectivity index (χ4v) is 11.8. The molecular formula is C66H45N. The highest BCUT2D eigenvalue weighted by Crippen LogP contribution is 2.60. The fourth-order valence-electron chi connectivity index (χ4n) is 11.8. The monoisotopic (exact) mass is 851 g/mol. The van der Waals surface area contributed by atoms with Crippen LogP contribution >= 0.6 is 0 Å². The van der Waals surface area contributed by atoms with Gasteiger partial charge >= 0.3 is 0 Å². The molecule has 11 aromatic carbocycles. The van der Waals surface area contributed by atoms with Crippen LogP contribution in [0.4, 0.5) is 17.1 Å². The van der Waals surface area contributed by atoms with Crippen LogP contribution in [0.5, 0.6) is 0 Å². The van der Waals surface area contributed by atoms with Crippen molar-refractivity contribution in [2.75, 3.05) is 4.90 Å². The highest BCUT2D eigenvalue weighted by molar-refractivity contribution is 5.99. The normalized spacial score (nSPS) is 13.6. The lowest BCUT2D eigenvalue weighted by Crippen LogP contribution is -2.28. The largest absolute Gasteiger partial charge is 0.310 e. The summed E-state index contributed by atoms with van der Waals surface area (Å²) in [7, 11) is 0. The van der Waals surface area contributed by atoms with Crippen LogP contribution in [0.1, 0.15) is 44.5 Å². The van der Waals surface area contributed by atoms with Crippen LogP contribution in [0, 0.1) is 0 Å². The second-order valence-corrected chi connectivity index (χ2v) is 17.9. The van der Waals surface area contributed by atoms with Crippen molar-refractivity contribution in [3.63, 3.8) is 0 Å². The second-order valence-electron chi connectivity index (χ2n) is 17.9. The van der Waals surface area contributed by atoms with Crippen molar-refractivity contribution in [1.29, 1.82) is 0 Å². The smallest absolute Gasteiger partial charge is 0.0714 e. The molecule has 11 aromatic rings. The predicted octanol–water partition coefficient (Wildman–Crippen LogP) is 16.7. The quantitative estimate of drug-likeness (QED) is 0.147. The Morgan fingerprint density at radius 2 is 0.701 bits per heavy atom. The van der Waals surface area contributed by atoms with E-state index in [0.717, 1.165) is 17.1 Å². The van der Waals surface area contributed by atoms with Gasteiger partial charge in [-0.1, -0.05) is 237 Å². The number of anilines is 3. The fraction of sp³-hybridized carbons (Fsp3) is 0.0303. The van der Waals surface area contributed by atoms with E-state index >= 15 is 0 Å². The van der Waals surface area contributed by atoms with E-state index < -0.39 is 10.8 Å². The van der Waals surface area contributed by atoms with E-state index in [2.05, 4.69) is 278 Å². The Balaban J connectivity index is 1.00. The maximum Gasteiger partial charge on any atom is 0.0714 e. The van der Waals surface area contributed by atoms with Crippen molar-refractivity contribution in [3.8, 4) is 33.4 Å². The molecule has 2 aliphatic rings. The number of hydrogen-bond acceptors (Lipinski definition) is 1. The number of benzene rings is 11. The van der Waals surface area contributed by atoms with Gasteiger partial charge in [0.15, 0.2) is 0 Å². The first-order valence-corrected chi connectivity index (χ1v) is 23.3. The van der Waals surface area contributed by atoms with Gasteiger partial charge in [0.25, 0.3) is 0 Å². The Bertz CT molecular complexity index is 3530. The van der Waals surface area contributed by atoms with E-state index in [9.17, 15) is 0 Å². The van der Waals surface area contributed by atoms with Crippen LogP contribution in [0.2, 0.25) is 0 Å². The first kappa shape index (κ1) is 38.9. The molecule has 0 heterocycles. The Kier molecular flexibility index (Phi) is 9.05. The summed E-state index contributed by atoms with van der Waals surface area (Å²) in [6, 6.07) is 101. The van der Waals surface area contributed by atoms with Crippen molar-refractivity contribution in [2.24, 2.45) is 0 Å². The van der Waals surface area contributed by atoms with E-state index in [1.165, 1.54) is 88.7 Å². The average Bonchev–Trinajstić information content (AvgIpc) is 3.89. The summed E-state index contributed by atoms with van der Waals surface area (Å²) in [5.74, 6) is 0. The van der Waals surface area contributed by atoms with Gasteiger partial charge in [0.2, 0.25) is 0 Å². The van der Waals surface area contributed by atoms with Crippen molar-refractivity contribution >= 4 is 27.8 Å². The number of rotatable bonds is 8. The molecule has 0 bridgehead atoms. The average molecular weight is 852 g/mol. The van der Waals surface area contributed by atoms with Crippen molar-refractivity contribution in [1.82, 2.24) is 0 Å². The van der Waals surface area contributed by atoms with E-state index in [4.69, 9.17) is 0 Å². The predicted molar refractivity (Wildman–Crippen MR) is 279 cm³/mol. The minimum atomic E-state index is -0.509. The third-order valence-electron chi connectivity index (χ3n) is 14.6. The lowest BCUT2D eigenvalue weighted by molar-refractivity contribution is 0.768. The van der Waals surface area contributed by atoms with Crippen LogP contribution in [-0.4, -0.2) is 0 Å². The van der Waals surface area contributed by atoms with Crippen molar-refractivity contribution < 1.29 is 0 Å². The summed E-state index contributed by atoms with van der Waals surface area (Å²) >= 11 is 0. The van der Waals surface area contributed by atoms with Crippen LogP contribution in [0.15, 0.2) is 273 Å². The minimum Gasteiger partial charge on any atom is -0.310 e. The molecule has 67 heavy (non-hydrogen) atoms. The first-order valence-electron chi connectivity index (χ1n) is 23.3. The zero-order chi connectivity index (χ0) is 44.4. The molecule has 13 rings (SSSR count). The molecule has 1 heteroatoms. The molecule has 2 aliphatic carbocycles. The molecule has 0 amide bonds. The maximum absolute atomic E-state index is 2.48. The topological polar surface area (TPSA) is 3.24 Å². The van der Waals surface area contributed by atoms with Gasteiger partial charge in [0.05, 0.1) is 16.5 Å². The molecule has 314 valence electrons. The van der Waals surface area contributed by atoms with E-state index in [1.54, 1.807) is 0 Å². The highest BCUT2D eigenvalue weighted by Gasteiger charge is 2.48. The molecule has 0 unspecified atom stereocenters. The standard InChI is InChI=1S/C66H45N/c1-5-22-50(23-6-1)65(51-24-7-2-8-25-51)60-33-18-16-31-58(60)64-61(65)34-19-35-63(64)67(55-42-38-46-20-13-14-21-48(46)44-55)54-40-36-47(37-41-54)49-39-43-57-56-30-15-17-32-59(56)66(62(57)45-49,52-26-9-3-10-27-52)53-28-11-4-12-29-53/h1-45H. The van der Waals surface area contributed by atoms with Crippen LogP contribution in [-0.2, 0) is 10.8 Å². The maximum atomic E-state index is 2.48. The van der Waals surface area contributed by atoms with E-state index in [1.807, 2.05) is 0 Å². The van der Waals surface area contributed by atoms with Gasteiger partial charge < -0.3 is 4.90 Å². The summed E-state index contributed by atoms with van der Waals surface area (Å²) < 4.78 is 0. The zero-order valence-electron chi connectivity index (χ0n) is 36.9. The van der Waals surface area contributed by atoms with Gasteiger partial charge in [0.1, 0.15) is 0 Å². The summed E-state index contributed by atoms with van der Waals surface area (Å²) in [5, 5.41) is 2.43. The third-order valence-corrected chi connectivity index (χ3v) is 14.6. The lowest BCUT2D eigenvalue weighted by atomic mass is 9.67. The SMILES string of the molecule is c1ccc(C2(c3ccccc3)c3ccccc3-c3ccc(-c4ccc(N(c5ccc6ccccc6c5)c5cccc6c5-c5ccccc5C6(c5ccccc5)c5ccccc5)cc4)cc32)cc1. The van der Waals surface area contributed by atoms with Crippen LogP contribution in [0.3, 0.4) is 0 Å². The number of hydrogen-bond donors (Lipinski definition) is 0. The molecule has 0 saturated carbocycles. The van der Waals surface area contributed by atoms with Gasteiger partial charge in [-0.2, -0.15) is 0 Å². The molecule has 0 saturated heterocycles. The third kappa shape index (κ3) is 5.81. The molecule has 0 aromatic heterocycles.